The minimum absolute atomic E-state index is 0.192. The van der Waals surface area contributed by atoms with Crippen LogP contribution in [0.1, 0.15) is 24.0 Å². The molecule has 0 aliphatic carbocycles. The SMILES string of the molecule is COc1ccc(OC)c2nc(N3CCCC3)c(CNCc3ccccc3F)cc12. The first-order valence-corrected chi connectivity index (χ1v) is 9.95. The van der Waals surface area contributed by atoms with Crippen LogP contribution in [0.3, 0.4) is 0 Å². The molecule has 0 atom stereocenters. The molecule has 0 spiro atoms. The number of aromatic nitrogens is 1. The van der Waals surface area contributed by atoms with E-state index in [1.54, 1.807) is 26.4 Å². The predicted octanol–water partition coefficient (Wildman–Crippen LogP) is 4.28. The first kappa shape index (κ1) is 19.5. The average molecular weight is 395 g/mol. The van der Waals surface area contributed by atoms with Crippen molar-refractivity contribution in [2.24, 2.45) is 0 Å². The summed E-state index contributed by atoms with van der Waals surface area (Å²) in [4.78, 5) is 7.30. The molecular formula is C23H26FN3O2. The van der Waals surface area contributed by atoms with E-state index in [0.717, 1.165) is 59.7 Å². The third-order valence-corrected chi connectivity index (χ3v) is 5.40. The number of benzene rings is 2. The number of methoxy groups -OCH3 is 2. The number of hydrogen-bond donors (Lipinski definition) is 1. The Morgan fingerprint density at radius 3 is 2.38 bits per heavy atom. The molecule has 1 aromatic heterocycles. The van der Waals surface area contributed by atoms with Gasteiger partial charge in [-0.1, -0.05) is 18.2 Å². The topological polar surface area (TPSA) is 46.6 Å². The smallest absolute Gasteiger partial charge is 0.145 e. The van der Waals surface area contributed by atoms with Crippen molar-refractivity contribution in [1.29, 1.82) is 0 Å². The molecule has 1 saturated heterocycles. The fraction of sp³-hybridized carbons (Fsp3) is 0.348. The molecule has 0 amide bonds. The zero-order valence-electron chi connectivity index (χ0n) is 16.9. The van der Waals surface area contributed by atoms with Crippen LogP contribution in [0.4, 0.5) is 10.2 Å². The molecule has 0 bridgehead atoms. The van der Waals surface area contributed by atoms with Crippen LogP contribution in [0.25, 0.3) is 10.9 Å². The fourth-order valence-electron chi connectivity index (χ4n) is 3.89. The molecule has 2 aromatic carbocycles. The van der Waals surface area contributed by atoms with Gasteiger partial charge in [0.15, 0.2) is 0 Å². The normalized spacial score (nSPS) is 13.8. The van der Waals surface area contributed by atoms with Gasteiger partial charge < -0.3 is 19.7 Å². The monoisotopic (exact) mass is 395 g/mol. The minimum Gasteiger partial charge on any atom is -0.496 e. The summed E-state index contributed by atoms with van der Waals surface area (Å²) in [7, 11) is 3.31. The van der Waals surface area contributed by atoms with Gasteiger partial charge in [-0.2, -0.15) is 0 Å². The maximum Gasteiger partial charge on any atom is 0.145 e. The highest BCUT2D eigenvalue weighted by Crippen LogP contribution is 2.36. The van der Waals surface area contributed by atoms with Gasteiger partial charge in [0, 0.05) is 42.7 Å². The van der Waals surface area contributed by atoms with E-state index in [1.807, 2.05) is 18.2 Å². The quantitative estimate of drug-likeness (QED) is 0.647. The molecule has 5 nitrogen and oxygen atoms in total. The van der Waals surface area contributed by atoms with E-state index < -0.39 is 0 Å². The lowest BCUT2D eigenvalue weighted by molar-refractivity contribution is 0.409. The van der Waals surface area contributed by atoms with E-state index in [9.17, 15) is 4.39 Å². The molecule has 1 aliphatic heterocycles. The molecule has 3 aromatic rings. The first-order chi connectivity index (χ1) is 14.2. The maximum absolute atomic E-state index is 13.9. The third-order valence-electron chi connectivity index (χ3n) is 5.40. The van der Waals surface area contributed by atoms with E-state index in [2.05, 4.69) is 16.3 Å². The fourth-order valence-corrected chi connectivity index (χ4v) is 3.89. The summed E-state index contributed by atoms with van der Waals surface area (Å²) in [5.41, 5.74) is 2.53. The second-order valence-corrected chi connectivity index (χ2v) is 7.23. The van der Waals surface area contributed by atoms with Crippen molar-refractivity contribution in [3.05, 3.63) is 59.4 Å². The Hall–Kier alpha value is -2.86. The van der Waals surface area contributed by atoms with Crippen LogP contribution >= 0.6 is 0 Å². The highest BCUT2D eigenvalue weighted by atomic mass is 19.1. The van der Waals surface area contributed by atoms with Crippen LogP contribution in [-0.2, 0) is 13.1 Å². The molecule has 29 heavy (non-hydrogen) atoms. The molecule has 1 aliphatic rings. The number of hydrogen-bond acceptors (Lipinski definition) is 5. The summed E-state index contributed by atoms with van der Waals surface area (Å²) in [6.07, 6.45) is 2.33. The molecule has 1 fully saturated rings. The highest BCUT2D eigenvalue weighted by molar-refractivity contribution is 5.92. The van der Waals surface area contributed by atoms with Crippen molar-refractivity contribution in [2.75, 3.05) is 32.2 Å². The summed E-state index contributed by atoms with van der Waals surface area (Å²) in [6.45, 7) is 3.03. The van der Waals surface area contributed by atoms with Crippen LogP contribution in [0.2, 0.25) is 0 Å². The number of nitrogens with one attached hydrogen (secondary N) is 1. The van der Waals surface area contributed by atoms with Crippen LogP contribution in [0.5, 0.6) is 11.5 Å². The van der Waals surface area contributed by atoms with Crippen molar-refractivity contribution in [1.82, 2.24) is 10.3 Å². The molecule has 152 valence electrons. The summed E-state index contributed by atoms with van der Waals surface area (Å²) in [6, 6.07) is 12.7. The van der Waals surface area contributed by atoms with Gasteiger partial charge in [-0.15, -0.1) is 0 Å². The zero-order valence-corrected chi connectivity index (χ0v) is 16.9. The molecule has 0 unspecified atom stereocenters. The number of halogens is 1. The molecular weight excluding hydrogens is 369 g/mol. The lowest BCUT2D eigenvalue weighted by atomic mass is 10.1. The maximum atomic E-state index is 13.9. The van der Waals surface area contributed by atoms with Gasteiger partial charge in [-0.05, 0) is 37.1 Å². The number of rotatable bonds is 7. The van der Waals surface area contributed by atoms with Gasteiger partial charge >= 0.3 is 0 Å². The van der Waals surface area contributed by atoms with Gasteiger partial charge in [0.2, 0.25) is 0 Å². The van der Waals surface area contributed by atoms with E-state index >= 15 is 0 Å². The second kappa shape index (κ2) is 8.66. The highest BCUT2D eigenvalue weighted by Gasteiger charge is 2.20. The standard InChI is InChI=1S/C23H26FN3O2/c1-28-20-9-10-21(29-2)22-18(20)13-17(23(26-22)27-11-5-6-12-27)15-25-14-16-7-3-4-8-19(16)24/h3-4,7-10,13,25H,5-6,11-12,14-15H2,1-2H3. The predicted molar refractivity (Wildman–Crippen MR) is 113 cm³/mol. The van der Waals surface area contributed by atoms with Gasteiger partial charge in [-0.25, -0.2) is 9.37 Å². The van der Waals surface area contributed by atoms with Crippen molar-refractivity contribution in [3.63, 3.8) is 0 Å². The van der Waals surface area contributed by atoms with Gasteiger partial charge in [-0.3, -0.25) is 0 Å². The number of pyridine rings is 1. The summed E-state index contributed by atoms with van der Waals surface area (Å²) in [5.74, 6) is 2.26. The van der Waals surface area contributed by atoms with Gasteiger partial charge in [0.1, 0.15) is 28.7 Å². The Balaban J connectivity index is 1.70. The molecule has 6 heteroatoms. The van der Waals surface area contributed by atoms with E-state index in [-0.39, 0.29) is 5.82 Å². The largest absolute Gasteiger partial charge is 0.496 e. The van der Waals surface area contributed by atoms with Crippen molar-refractivity contribution in [3.8, 4) is 11.5 Å². The Labute approximate surface area is 170 Å². The Morgan fingerprint density at radius 2 is 1.66 bits per heavy atom. The second-order valence-electron chi connectivity index (χ2n) is 7.23. The number of ether oxygens (including phenoxy) is 2. The summed E-state index contributed by atoms with van der Waals surface area (Å²) < 4.78 is 25.0. The van der Waals surface area contributed by atoms with E-state index in [4.69, 9.17) is 14.5 Å². The summed E-state index contributed by atoms with van der Waals surface area (Å²) >= 11 is 0. The van der Waals surface area contributed by atoms with Crippen molar-refractivity contribution >= 4 is 16.7 Å². The van der Waals surface area contributed by atoms with E-state index in [1.165, 1.54) is 6.07 Å². The van der Waals surface area contributed by atoms with Crippen molar-refractivity contribution in [2.45, 2.75) is 25.9 Å². The van der Waals surface area contributed by atoms with Gasteiger partial charge in [0.25, 0.3) is 0 Å². The molecule has 4 rings (SSSR count). The third kappa shape index (κ3) is 3.98. The Bertz CT molecular complexity index is 1000. The number of anilines is 1. The molecule has 1 N–H and O–H groups in total. The number of fused-ring (bicyclic) bond motifs is 1. The molecule has 0 saturated carbocycles. The van der Waals surface area contributed by atoms with Crippen LogP contribution < -0.4 is 19.7 Å². The minimum atomic E-state index is -0.192. The Kier molecular flexibility index (Phi) is 5.81. The van der Waals surface area contributed by atoms with Crippen LogP contribution in [0, 0.1) is 5.82 Å². The van der Waals surface area contributed by atoms with Gasteiger partial charge in [0.05, 0.1) is 14.2 Å². The molecule has 2 heterocycles. The number of nitrogens with zero attached hydrogens (tertiary/aromatic N) is 2. The van der Waals surface area contributed by atoms with Crippen LogP contribution in [-0.4, -0.2) is 32.3 Å². The summed E-state index contributed by atoms with van der Waals surface area (Å²) in [5, 5.41) is 4.29. The first-order valence-electron chi connectivity index (χ1n) is 9.95. The lowest BCUT2D eigenvalue weighted by Crippen LogP contribution is -2.23. The van der Waals surface area contributed by atoms with E-state index in [0.29, 0.717) is 18.7 Å². The zero-order chi connectivity index (χ0) is 20.2. The average Bonchev–Trinajstić information content (AvgIpc) is 3.28. The lowest BCUT2D eigenvalue weighted by Gasteiger charge is -2.22. The van der Waals surface area contributed by atoms with Crippen molar-refractivity contribution < 1.29 is 13.9 Å². The molecule has 0 radical (unpaired) electrons. The van der Waals surface area contributed by atoms with Crippen LogP contribution in [0.15, 0.2) is 42.5 Å². The Morgan fingerprint density at radius 1 is 0.966 bits per heavy atom.